The number of nitrogens with zero attached hydrogens (tertiary/aromatic N) is 1. The summed E-state index contributed by atoms with van der Waals surface area (Å²) < 4.78 is 10.6. The van der Waals surface area contributed by atoms with Gasteiger partial charge in [0.25, 0.3) is 5.91 Å². The molecule has 1 saturated heterocycles. The molecule has 0 N–H and O–H groups in total. The van der Waals surface area contributed by atoms with Crippen molar-refractivity contribution in [3.05, 3.63) is 45.8 Å². The number of hydrogen-bond acceptors (Lipinski definition) is 5. The van der Waals surface area contributed by atoms with E-state index in [4.69, 9.17) is 9.15 Å². The minimum absolute atomic E-state index is 0.195. The van der Waals surface area contributed by atoms with E-state index in [9.17, 15) is 14.4 Å². The summed E-state index contributed by atoms with van der Waals surface area (Å²) in [6.07, 6.45) is 1.09. The van der Waals surface area contributed by atoms with Crippen LogP contribution in [-0.4, -0.2) is 36.5 Å². The molecule has 2 aromatic rings. The second-order valence-electron chi connectivity index (χ2n) is 7.30. The van der Waals surface area contributed by atoms with Gasteiger partial charge in [0.1, 0.15) is 5.58 Å². The summed E-state index contributed by atoms with van der Waals surface area (Å²) in [5, 5.41) is 0.411. The molecule has 1 aromatic carbocycles. The maximum absolute atomic E-state index is 12.3. The van der Waals surface area contributed by atoms with Crippen LogP contribution in [0.1, 0.15) is 36.4 Å². The van der Waals surface area contributed by atoms with E-state index in [1.807, 2.05) is 6.92 Å². The van der Waals surface area contributed by atoms with Crippen molar-refractivity contribution >= 4 is 22.8 Å². The number of carbonyl (C=O) groups excluding carboxylic acids is 2. The van der Waals surface area contributed by atoms with E-state index in [1.54, 1.807) is 23.1 Å². The summed E-state index contributed by atoms with van der Waals surface area (Å²) in [6.45, 7) is 7.07. The number of carbonyl (C=O) groups is 2. The molecule has 3 rings (SSSR count). The highest BCUT2D eigenvalue weighted by Crippen LogP contribution is 2.21. The SMILES string of the molecule is Cc1ccc2oc(C(=O)OCC(=O)N3C[C@H](C)C[C@H](C)C3)cc(=O)c2c1. The minimum atomic E-state index is -0.809. The van der Waals surface area contributed by atoms with Gasteiger partial charge in [0.15, 0.2) is 12.0 Å². The Labute approximate surface area is 151 Å². The Morgan fingerprint density at radius 3 is 2.58 bits per heavy atom. The van der Waals surface area contributed by atoms with Crippen LogP contribution < -0.4 is 5.43 Å². The van der Waals surface area contributed by atoms with Gasteiger partial charge in [-0.3, -0.25) is 9.59 Å². The summed E-state index contributed by atoms with van der Waals surface area (Å²) in [4.78, 5) is 38.4. The zero-order valence-corrected chi connectivity index (χ0v) is 15.3. The molecule has 26 heavy (non-hydrogen) atoms. The van der Waals surface area contributed by atoms with E-state index in [0.717, 1.165) is 18.1 Å². The number of likely N-dealkylation sites (tertiary alicyclic amines) is 1. The summed E-state index contributed by atoms with van der Waals surface area (Å²) in [5.41, 5.74) is 0.933. The van der Waals surface area contributed by atoms with E-state index in [0.29, 0.717) is 35.9 Å². The Morgan fingerprint density at radius 2 is 1.88 bits per heavy atom. The third-order valence-corrected chi connectivity index (χ3v) is 4.63. The standard InChI is InChI=1S/C20H23NO5/c1-12-4-5-17-15(7-12)16(22)8-18(26-17)20(24)25-11-19(23)21-9-13(2)6-14(3)10-21/h4-5,7-8,13-14H,6,9-11H2,1-3H3/t13-,14+. The minimum Gasteiger partial charge on any atom is -0.450 e. The number of aryl methyl sites for hydroxylation is 1. The van der Waals surface area contributed by atoms with Crippen molar-refractivity contribution in [2.24, 2.45) is 11.8 Å². The molecule has 6 heteroatoms. The summed E-state index contributed by atoms with van der Waals surface area (Å²) in [6, 6.07) is 6.26. The van der Waals surface area contributed by atoms with Crippen LogP contribution in [0, 0.1) is 18.8 Å². The maximum Gasteiger partial charge on any atom is 0.374 e. The average molecular weight is 357 g/mol. The van der Waals surface area contributed by atoms with Gasteiger partial charge in [-0.2, -0.15) is 0 Å². The van der Waals surface area contributed by atoms with Crippen LogP contribution in [0.25, 0.3) is 11.0 Å². The van der Waals surface area contributed by atoms with Gasteiger partial charge >= 0.3 is 5.97 Å². The topological polar surface area (TPSA) is 76.8 Å². The largest absolute Gasteiger partial charge is 0.450 e. The summed E-state index contributed by atoms with van der Waals surface area (Å²) in [5.74, 6) is -0.369. The first-order valence-corrected chi connectivity index (χ1v) is 8.83. The number of rotatable bonds is 3. The molecule has 2 atom stereocenters. The molecule has 1 aliphatic heterocycles. The van der Waals surface area contributed by atoms with Gasteiger partial charge in [-0.25, -0.2) is 4.79 Å². The zero-order valence-electron chi connectivity index (χ0n) is 15.3. The number of benzene rings is 1. The lowest BCUT2D eigenvalue weighted by molar-refractivity contribution is -0.137. The molecule has 0 unspecified atom stereocenters. The van der Waals surface area contributed by atoms with Gasteiger partial charge in [0.2, 0.25) is 5.76 Å². The van der Waals surface area contributed by atoms with Crippen molar-refractivity contribution in [3.63, 3.8) is 0 Å². The predicted octanol–water partition coefficient (Wildman–Crippen LogP) is 2.76. The molecule has 0 radical (unpaired) electrons. The van der Waals surface area contributed by atoms with E-state index < -0.39 is 5.97 Å². The molecule has 1 aromatic heterocycles. The van der Waals surface area contributed by atoms with Crippen LogP contribution in [0.15, 0.2) is 33.5 Å². The first-order chi connectivity index (χ1) is 12.3. The van der Waals surface area contributed by atoms with E-state index in [-0.39, 0.29) is 23.7 Å². The van der Waals surface area contributed by atoms with Gasteiger partial charge in [-0.05, 0) is 37.3 Å². The lowest BCUT2D eigenvalue weighted by atomic mass is 9.92. The Morgan fingerprint density at radius 1 is 1.19 bits per heavy atom. The first kappa shape index (κ1) is 18.2. The second kappa shape index (κ2) is 7.32. The third-order valence-electron chi connectivity index (χ3n) is 4.63. The van der Waals surface area contributed by atoms with Crippen LogP contribution in [0.2, 0.25) is 0 Å². The molecule has 6 nitrogen and oxygen atoms in total. The zero-order chi connectivity index (χ0) is 18.8. The summed E-state index contributed by atoms with van der Waals surface area (Å²) >= 11 is 0. The van der Waals surface area contributed by atoms with Gasteiger partial charge in [0, 0.05) is 19.2 Å². The quantitative estimate of drug-likeness (QED) is 0.790. The Hall–Kier alpha value is -2.63. The smallest absolute Gasteiger partial charge is 0.374 e. The molecule has 138 valence electrons. The molecule has 0 aliphatic carbocycles. The highest BCUT2D eigenvalue weighted by molar-refractivity contribution is 5.90. The number of ether oxygens (including phenoxy) is 1. The molecule has 1 aliphatic rings. The van der Waals surface area contributed by atoms with Gasteiger partial charge in [-0.15, -0.1) is 0 Å². The van der Waals surface area contributed by atoms with Crippen molar-refractivity contribution < 1.29 is 18.7 Å². The van der Waals surface area contributed by atoms with Gasteiger partial charge in [-0.1, -0.05) is 25.5 Å². The van der Waals surface area contributed by atoms with Crippen LogP contribution >= 0.6 is 0 Å². The summed E-state index contributed by atoms with van der Waals surface area (Å²) in [7, 11) is 0. The molecule has 2 heterocycles. The Kier molecular flexibility index (Phi) is 5.11. The normalized spacial score (nSPS) is 20.2. The molecule has 0 spiro atoms. The first-order valence-electron chi connectivity index (χ1n) is 8.83. The van der Waals surface area contributed by atoms with Crippen LogP contribution in [0.3, 0.4) is 0 Å². The Balaban J connectivity index is 1.68. The third kappa shape index (κ3) is 3.95. The number of hydrogen-bond donors (Lipinski definition) is 0. The lowest BCUT2D eigenvalue weighted by Crippen LogP contribution is -2.44. The highest BCUT2D eigenvalue weighted by Gasteiger charge is 2.26. The highest BCUT2D eigenvalue weighted by atomic mass is 16.5. The fourth-order valence-corrected chi connectivity index (χ4v) is 3.53. The van der Waals surface area contributed by atoms with E-state index in [2.05, 4.69) is 13.8 Å². The van der Waals surface area contributed by atoms with Gasteiger partial charge < -0.3 is 14.1 Å². The second-order valence-corrected chi connectivity index (χ2v) is 7.30. The van der Waals surface area contributed by atoms with Crippen molar-refractivity contribution in [1.82, 2.24) is 4.90 Å². The van der Waals surface area contributed by atoms with Crippen LogP contribution in [-0.2, 0) is 9.53 Å². The molecular formula is C20H23NO5. The molecule has 0 saturated carbocycles. The lowest BCUT2D eigenvalue weighted by Gasteiger charge is -2.34. The number of esters is 1. The number of amides is 1. The number of fused-ring (bicyclic) bond motifs is 1. The van der Waals surface area contributed by atoms with Crippen LogP contribution in [0.4, 0.5) is 0 Å². The van der Waals surface area contributed by atoms with Gasteiger partial charge in [0.05, 0.1) is 5.39 Å². The monoisotopic (exact) mass is 357 g/mol. The molecule has 1 amide bonds. The fraction of sp³-hybridized carbons (Fsp3) is 0.450. The van der Waals surface area contributed by atoms with Crippen LogP contribution in [0.5, 0.6) is 0 Å². The Bertz CT molecular complexity index is 891. The van der Waals surface area contributed by atoms with Crippen molar-refractivity contribution in [3.8, 4) is 0 Å². The van der Waals surface area contributed by atoms with Crippen molar-refractivity contribution in [1.29, 1.82) is 0 Å². The predicted molar refractivity (Wildman–Crippen MR) is 97.0 cm³/mol. The van der Waals surface area contributed by atoms with E-state index in [1.165, 1.54) is 0 Å². The van der Waals surface area contributed by atoms with Crippen molar-refractivity contribution in [2.75, 3.05) is 19.7 Å². The molecular weight excluding hydrogens is 334 g/mol. The molecule has 1 fully saturated rings. The molecule has 0 bridgehead atoms. The average Bonchev–Trinajstić information content (AvgIpc) is 2.59. The maximum atomic E-state index is 12.3. The fourth-order valence-electron chi connectivity index (χ4n) is 3.53. The van der Waals surface area contributed by atoms with E-state index >= 15 is 0 Å². The van der Waals surface area contributed by atoms with Crippen molar-refractivity contribution in [2.45, 2.75) is 27.2 Å². The number of piperidine rings is 1.